The Labute approximate surface area is 191 Å². The van der Waals surface area contributed by atoms with Gasteiger partial charge in [0.1, 0.15) is 11.6 Å². The molecule has 160 valence electrons. The van der Waals surface area contributed by atoms with Crippen molar-refractivity contribution in [2.45, 2.75) is 26.3 Å². The van der Waals surface area contributed by atoms with Gasteiger partial charge in [-0.1, -0.05) is 0 Å². The third kappa shape index (κ3) is 6.52. The van der Waals surface area contributed by atoms with Crippen LogP contribution in [0, 0.1) is 6.92 Å². The van der Waals surface area contributed by atoms with Gasteiger partial charge in [0, 0.05) is 64.4 Å². The van der Waals surface area contributed by atoms with Gasteiger partial charge in [0.05, 0.1) is 7.11 Å². The number of aromatic nitrogens is 2. The summed E-state index contributed by atoms with van der Waals surface area (Å²) in [4.78, 5) is 13.5. The van der Waals surface area contributed by atoms with E-state index in [1.807, 2.05) is 38.5 Å². The van der Waals surface area contributed by atoms with Crippen molar-refractivity contribution in [3.05, 3.63) is 42.5 Å². The molecule has 0 spiro atoms. The average Bonchev–Trinajstić information content (AvgIpc) is 3.16. The number of rotatable bonds is 7. The quantitative estimate of drug-likeness (QED) is 0.268. The highest BCUT2D eigenvalue weighted by Gasteiger charge is 2.19. The molecular formula is C21H33IN6O. The number of imidazole rings is 1. The molecule has 0 aliphatic carbocycles. The molecule has 3 rings (SSSR count). The van der Waals surface area contributed by atoms with Gasteiger partial charge in [0.15, 0.2) is 5.96 Å². The number of benzene rings is 1. The van der Waals surface area contributed by atoms with Crippen LogP contribution in [0.3, 0.4) is 0 Å². The molecule has 0 saturated carbocycles. The molecule has 1 aliphatic heterocycles. The molecule has 7 nitrogen and oxygen atoms in total. The zero-order valence-electron chi connectivity index (χ0n) is 17.7. The summed E-state index contributed by atoms with van der Waals surface area (Å²) < 4.78 is 7.45. The Hall–Kier alpha value is -1.97. The smallest absolute Gasteiger partial charge is 0.193 e. The van der Waals surface area contributed by atoms with Gasteiger partial charge in [0.2, 0.25) is 0 Å². The molecule has 2 heterocycles. The molecule has 1 N–H and O–H groups in total. The Morgan fingerprint density at radius 3 is 2.45 bits per heavy atom. The van der Waals surface area contributed by atoms with Gasteiger partial charge in [-0.05, 0) is 44.0 Å². The summed E-state index contributed by atoms with van der Waals surface area (Å²) in [5, 5.41) is 3.52. The van der Waals surface area contributed by atoms with Crippen LogP contribution in [0.1, 0.15) is 18.7 Å². The van der Waals surface area contributed by atoms with Gasteiger partial charge >= 0.3 is 0 Å². The van der Waals surface area contributed by atoms with Crippen LogP contribution in [0.2, 0.25) is 0 Å². The second-order valence-corrected chi connectivity index (χ2v) is 7.02. The van der Waals surface area contributed by atoms with Gasteiger partial charge in [-0.25, -0.2) is 4.98 Å². The predicted molar refractivity (Wildman–Crippen MR) is 130 cm³/mol. The molecule has 1 aromatic heterocycles. The first-order valence-electron chi connectivity index (χ1n) is 10.0. The summed E-state index contributed by atoms with van der Waals surface area (Å²) in [5.74, 6) is 2.99. The van der Waals surface area contributed by atoms with Crippen LogP contribution >= 0.6 is 24.0 Å². The monoisotopic (exact) mass is 512 g/mol. The number of piperazine rings is 1. The first-order chi connectivity index (χ1) is 13.7. The minimum absolute atomic E-state index is 0. The van der Waals surface area contributed by atoms with Crippen molar-refractivity contribution in [2.75, 3.05) is 51.8 Å². The maximum absolute atomic E-state index is 5.25. The normalized spacial score (nSPS) is 14.5. The summed E-state index contributed by atoms with van der Waals surface area (Å²) in [6, 6.07) is 8.30. The molecule has 2 aromatic rings. The highest BCUT2D eigenvalue weighted by Crippen LogP contribution is 2.20. The zero-order valence-corrected chi connectivity index (χ0v) is 20.0. The van der Waals surface area contributed by atoms with Crippen LogP contribution in [0.25, 0.3) is 0 Å². The standard InChI is InChI=1S/C21H32N6O.HI/c1-18-23-11-13-25(18)12-5-4-10-24-21(22-2)27-16-14-26(15-17-27)19-6-8-20(28-3)9-7-19;/h6-9,11,13H,4-5,10,12,14-17H2,1-3H3,(H,22,24);1H. The topological polar surface area (TPSA) is 57.9 Å². The number of hydrogen-bond acceptors (Lipinski definition) is 4. The minimum atomic E-state index is 0. The molecular weight excluding hydrogens is 479 g/mol. The highest BCUT2D eigenvalue weighted by molar-refractivity contribution is 14.0. The Morgan fingerprint density at radius 2 is 1.86 bits per heavy atom. The first-order valence-corrected chi connectivity index (χ1v) is 10.0. The molecule has 0 bridgehead atoms. The first kappa shape index (κ1) is 23.3. The number of anilines is 1. The van der Waals surface area contributed by atoms with E-state index in [-0.39, 0.29) is 24.0 Å². The molecule has 0 unspecified atom stereocenters. The van der Waals surface area contributed by atoms with E-state index < -0.39 is 0 Å². The van der Waals surface area contributed by atoms with Crippen molar-refractivity contribution >= 4 is 35.6 Å². The van der Waals surface area contributed by atoms with Crippen LogP contribution in [0.15, 0.2) is 41.7 Å². The van der Waals surface area contributed by atoms with Gasteiger partial charge in [-0.15, -0.1) is 24.0 Å². The summed E-state index contributed by atoms with van der Waals surface area (Å²) in [6.45, 7) is 7.94. The lowest BCUT2D eigenvalue weighted by Crippen LogP contribution is -2.52. The molecule has 1 aliphatic rings. The minimum Gasteiger partial charge on any atom is -0.497 e. The number of unbranched alkanes of at least 4 members (excludes halogenated alkanes) is 1. The van der Waals surface area contributed by atoms with E-state index in [9.17, 15) is 0 Å². The van der Waals surface area contributed by atoms with Gasteiger partial charge in [0.25, 0.3) is 0 Å². The summed E-state index contributed by atoms with van der Waals surface area (Å²) in [5.41, 5.74) is 1.25. The maximum Gasteiger partial charge on any atom is 0.193 e. The van der Waals surface area contributed by atoms with Crippen LogP contribution in [-0.2, 0) is 6.54 Å². The molecule has 1 fully saturated rings. The average molecular weight is 512 g/mol. The van der Waals surface area contributed by atoms with Crippen LogP contribution in [0.5, 0.6) is 5.75 Å². The number of hydrogen-bond donors (Lipinski definition) is 1. The largest absolute Gasteiger partial charge is 0.497 e. The third-order valence-electron chi connectivity index (χ3n) is 5.26. The second-order valence-electron chi connectivity index (χ2n) is 7.02. The van der Waals surface area contributed by atoms with Crippen molar-refractivity contribution in [3.63, 3.8) is 0 Å². The van der Waals surface area contributed by atoms with E-state index in [1.165, 1.54) is 5.69 Å². The molecule has 29 heavy (non-hydrogen) atoms. The van der Waals surface area contributed by atoms with E-state index >= 15 is 0 Å². The van der Waals surface area contributed by atoms with E-state index in [0.29, 0.717) is 0 Å². The number of guanidine groups is 1. The van der Waals surface area contributed by atoms with Gasteiger partial charge in [-0.3, -0.25) is 4.99 Å². The maximum atomic E-state index is 5.25. The number of nitrogens with one attached hydrogen (secondary N) is 1. The van der Waals surface area contributed by atoms with Crippen molar-refractivity contribution < 1.29 is 4.74 Å². The SMILES string of the molecule is CN=C(NCCCCn1ccnc1C)N1CCN(c2ccc(OC)cc2)CC1.I. The predicted octanol–water partition coefficient (Wildman–Crippen LogP) is 3.00. The number of aliphatic imine (C=N–C) groups is 1. The van der Waals surface area contributed by atoms with E-state index in [0.717, 1.165) is 69.6 Å². The molecule has 1 aromatic carbocycles. The number of ether oxygens (including phenoxy) is 1. The Kier molecular flexibility index (Phi) is 9.56. The molecule has 0 atom stereocenters. The van der Waals surface area contributed by atoms with Crippen LogP contribution in [0.4, 0.5) is 5.69 Å². The Balaban J connectivity index is 0.00000300. The molecule has 8 heteroatoms. The number of halogens is 1. The van der Waals surface area contributed by atoms with E-state index in [2.05, 4.69) is 41.8 Å². The van der Waals surface area contributed by atoms with Crippen LogP contribution in [-0.4, -0.2) is 67.3 Å². The summed E-state index contributed by atoms with van der Waals surface area (Å²) in [7, 11) is 3.57. The summed E-state index contributed by atoms with van der Waals surface area (Å²) >= 11 is 0. The number of methoxy groups -OCH3 is 1. The number of nitrogens with zero attached hydrogens (tertiary/aromatic N) is 5. The van der Waals surface area contributed by atoms with Crippen molar-refractivity contribution in [1.29, 1.82) is 0 Å². The molecule has 0 radical (unpaired) electrons. The van der Waals surface area contributed by atoms with Crippen molar-refractivity contribution in [2.24, 2.45) is 4.99 Å². The van der Waals surface area contributed by atoms with E-state index in [1.54, 1.807) is 7.11 Å². The van der Waals surface area contributed by atoms with E-state index in [4.69, 9.17) is 4.74 Å². The summed E-state index contributed by atoms with van der Waals surface area (Å²) in [6.07, 6.45) is 6.15. The Morgan fingerprint density at radius 1 is 1.14 bits per heavy atom. The second kappa shape index (κ2) is 11.9. The molecule has 1 saturated heterocycles. The zero-order chi connectivity index (χ0) is 19.8. The third-order valence-corrected chi connectivity index (χ3v) is 5.26. The lowest BCUT2D eigenvalue weighted by molar-refractivity contribution is 0.372. The molecule has 0 amide bonds. The van der Waals surface area contributed by atoms with Crippen LogP contribution < -0.4 is 15.0 Å². The lowest BCUT2D eigenvalue weighted by Gasteiger charge is -2.37. The lowest BCUT2D eigenvalue weighted by atomic mass is 10.2. The number of aryl methyl sites for hydroxylation is 2. The van der Waals surface area contributed by atoms with Gasteiger partial charge in [-0.2, -0.15) is 0 Å². The van der Waals surface area contributed by atoms with Crippen molar-refractivity contribution in [1.82, 2.24) is 19.8 Å². The fourth-order valence-corrected chi connectivity index (χ4v) is 3.55. The van der Waals surface area contributed by atoms with Crippen molar-refractivity contribution in [3.8, 4) is 5.75 Å². The fraction of sp³-hybridized carbons (Fsp3) is 0.524. The fourth-order valence-electron chi connectivity index (χ4n) is 3.55. The highest BCUT2D eigenvalue weighted by atomic mass is 127. The van der Waals surface area contributed by atoms with Gasteiger partial charge < -0.3 is 24.4 Å². The Bertz CT molecular complexity index is 753.